The number of hydrogen-bond donors (Lipinski definition) is 2. The van der Waals surface area contributed by atoms with Crippen molar-refractivity contribution in [2.75, 3.05) is 0 Å². The second-order valence-electron chi connectivity index (χ2n) is 3.74. The number of rotatable bonds is 0. The minimum Gasteiger partial charge on any atom is -0.326 e. The Labute approximate surface area is 135 Å². The summed E-state index contributed by atoms with van der Waals surface area (Å²) in [4.78, 5) is 26.9. The molecule has 0 fully saturated rings. The maximum atomic E-state index is 10.9. The van der Waals surface area contributed by atoms with Gasteiger partial charge in [-0.3, -0.25) is 9.59 Å². The molecule has 2 rings (SSSR count). The van der Waals surface area contributed by atoms with Crippen LogP contribution < -0.4 is 11.1 Å². The van der Waals surface area contributed by atoms with Crippen molar-refractivity contribution in [2.45, 2.75) is 13.8 Å². The molecule has 0 bridgehead atoms. The molecular formula is C12H11Br3N2O2. The lowest BCUT2D eigenvalue weighted by molar-refractivity contribution is 1.11. The van der Waals surface area contributed by atoms with Crippen molar-refractivity contribution in [1.82, 2.24) is 9.97 Å². The summed E-state index contributed by atoms with van der Waals surface area (Å²) in [6.45, 7) is 3.67. The van der Waals surface area contributed by atoms with Crippen molar-refractivity contribution in [3.8, 4) is 0 Å². The normalized spacial score (nSPS) is 9.74. The summed E-state index contributed by atoms with van der Waals surface area (Å²) in [5.74, 6) is 0. The van der Waals surface area contributed by atoms with Crippen molar-refractivity contribution in [1.29, 1.82) is 0 Å². The van der Waals surface area contributed by atoms with Crippen molar-refractivity contribution in [2.24, 2.45) is 0 Å². The van der Waals surface area contributed by atoms with E-state index >= 15 is 0 Å². The van der Waals surface area contributed by atoms with E-state index in [1.807, 2.05) is 19.9 Å². The smallest absolute Gasteiger partial charge is 0.262 e. The number of pyridine rings is 2. The standard InChI is InChI=1S/C6H5Br2NO.C6H6BrNO/c1-3-4(7)2-5(8)6(10)9-3;1-4-2-3-5(7)6(9)8-4/h2H,1H3,(H,9,10);2-3H,1H3,(H,8,9). The van der Waals surface area contributed by atoms with Crippen molar-refractivity contribution in [3.05, 3.63) is 63.7 Å². The van der Waals surface area contributed by atoms with E-state index in [1.165, 1.54) is 0 Å². The van der Waals surface area contributed by atoms with Gasteiger partial charge in [0, 0.05) is 15.9 Å². The molecule has 2 aromatic rings. The quantitative estimate of drug-likeness (QED) is 0.638. The zero-order valence-electron chi connectivity index (χ0n) is 10.2. The molecule has 0 unspecified atom stereocenters. The molecule has 0 saturated heterocycles. The monoisotopic (exact) mass is 452 g/mol. The molecule has 0 aliphatic heterocycles. The van der Waals surface area contributed by atoms with E-state index in [4.69, 9.17) is 0 Å². The topological polar surface area (TPSA) is 65.7 Å². The number of H-pyrrole nitrogens is 2. The largest absolute Gasteiger partial charge is 0.326 e. The van der Waals surface area contributed by atoms with Gasteiger partial charge >= 0.3 is 0 Å². The van der Waals surface area contributed by atoms with Crippen LogP contribution in [0.2, 0.25) is 0 Å². The Balaban J connectivity index is 0.000000191. The maximum Gasteiger partial charge on any atom is 0.262 e. The fourth-order valence-electron chi connectivity index (χ4n) is 1.13. The molecule has 0 spiro atoms. The van der Waals surface area contributed by atoms with E-state index in [-0.39, 0.29) is 11.1 Å². The predicted molar refractivity (Wildman–Crippen MR) is 86.7 cm³/mol. The lowest BCUT2D eigenvalue weighted by atomic mass is 10.4. The third kappa shape index (κ3) is 5.08. The highest BCUT2D eigenvalue weighted by Gasteiger charge is 1.98. The molecule has 102 valence electrons. The lowest BCUT2D eigenvalue weighted by Gasteiger charge is -1.95. The molecule has 0 saturated carbocycles. The molecule has 0 aromatic carbocycles. The Hall–Kier alpha value is -0.660. The summed E-state index contributed by atoms with van der Waals surface area (Å²) in [7, 11) is 0. The highest BCUT2D eigenvalue weighted by Crippen LogP contribution is 2.15. The van der Waals surface area contributed by atoms with Crippen LogP contribution in [0.25, 0.3) is 0 Å². The van der Waals surface area contributed by atoms with Crippen LogP contribution in [-0.2, 0) is 0 Å². The summed E-state index contributed by atoms with van der Waals surface area (Å²) in [5, 5.41) is 0. The van der Waals surface area contributed by atoms with Crippen LogP contribution in [-0.4, -0.2) is 9.97 Å². The molecule has 19 heavy (non-hydrogen) atoms. The summed E-state index contributed by atoms with van der Waals surface area (Å²) in [6.07, 6.45) is 0. The first-order chi connectivity index (χ1) is 8.81. The van der Waals surface area contributed by atoms with Crippen LogP contribution in [0.4, 0.5) is 0 Å². The first kappa shape index (κ1) is 16.4. The molecule has 7 heteroatoms. The third-order valence-electron chi connectivity index (χ3n) is 2.14. The molecule has 2 aromatic heterocycles. The molecule has 0 aliphatic carbocycles. The lowest BCUT2D eigenvalue weighted by Crippen LogP contribution is -2.07. The van der Waals surface area contributed by atoms with Gasteiger partial charge in [0.05, 0.1) is 8.95 Å². The Kier molecular flexibility index (Phi) is 6.22. The second kappa shape index (κ2) is 7.21. The number of aromatic nitrogens is 2. The Morgan fingerprint density at radius 3 is 1.89 bits per heavy atom. The van der Waals surface area contributed by atoms with Crippen LogP contribution in [0, 0.1) is 13.8 Å². The molecule has 0 aliphatic rings. The van der Waals surface area contributed by atoms with Crippen LogP contribution in [0.15, 0.2) is 41.2 Å². The molecule has 4 nitrogen and oxygen atoms in total. The van der Waals surface area contributed by atoms with Crippen molar-refractivity contribution >= 4 is 47.8 Å². The first-order valence-corrected chi connectivity index (χ1v) is 7.59. The van der Waals surface area contributed by atoms with Gasteiger partial charge in [0.1, 0.15) is 0 Å². The van der Waals surface area contributed by atoms with Crippen LogP contribution in [0.1, 0.15) is 11.4 Å². The van der Waals surface area contributed by atoms with E-state index < -0.39 is 0 Å². The summed E-state index contributed by atoms with van der Waals surface area (Å²) in [6, 6.07) is 5.30. The Morgan fingerprint density at radius 1 is 0.842 bits per heavy atom. The number of halogens is 3. The van der Waals surface area contributed by atoms with Crippen LogP contribution in [0.5, 0.6) is 0 Å². The highest BCUT2D eigenvalue weighted by molar-refractivity contribution is 9.11. The van der Waals surface area contributed by atoms with Gasteiger partial charge in [-0.2, -0.15) is 0 Å². The zero-order valence-corrected chi connectivity index (χ0v) is 14.9. The molecule has 0 radical (unpaired) electrons. The van der Waals surface area contributed by atoms with Gasteiger partial charge in [-0.1, -0.05) is 0 Å². The maximum absolute atomic E-state index is 10.9. The Morgan fingerprint density at radius 2 is 1.42 bits per heavy atom. The molecule has 2 N–H and O–H groups in total. The number of nitrogens with one attached hydrogen (secondary N) is 2. The highest BCUT2D eigenvalue weighted by atomic mass is 79.9. The molecular weight excluding hydrogens is 444 g/mol. The van der Waals surface area contributed by atoms with Gasteiger partial charge in [0.2, 0.25) is 0 Å². The summed E-state index contributed by atoms with van der Waals surface area (Å²) < 4.78 is 2.03. The number of hydrogen-bond acceptors (Lipinski definition) is 2. The van der Waals surface area contributed by atoms with E-state index in [1.54, 1.807) is 12.1 Å². The zero-order chi connectivity index (χ0) is 14.6. The fourth-order valence-corrected chi connectivity index (χ4v) is 2.32. The third-order valence-corrected chi connectivity index (χ3v) is 4.17. The molecule has 0 atom stereocenters. The van der Waals surface area contributed by atoms with E-state index in [0.29, 0.717) is 8.95 Å². The van der Waals surface area contributed by atoms with Crippen molar-refractivity contribution in [3.63, 3.8) is 0 Å². The van der Waals surface area contributed by atoms with Gasteiger partial charge in [-0.25, -0.2) is 0 Å². The average molecular weight is 455 g/mol. The Bertz CT molecular complexity index is 692. The van der Waals surface area contributed by atoms with Gasteiger partial charge in [0.25, 0.3) is 11.1 Å². The molecule has 0 amide bonds. The number of aryl methyl sites for hydroxylation is 2. The average Bonchev–Trinajstić information content (AvgIpc) is 2.33. The first-order valence-electron chi connectivity index (χ1n) is 5.21. The van der Waals surface area contributed by atoms with Gasteiger partial charge in [-0.15, -0.1) is 0 Å². The minimum atomic E-state index is -0.0966. The fraction of sp³-hybridized carbons (Fsp3) is 0.167. The second-order valence-corrected chi connectivity index (χ2v) is 6.30. The van der Waals surface area contributed by atoms with Crippen LogP contribution in [0.3, 0.4) is 0 Å². The van der Waals surface area contributed by atoms with Crippen LogP contribution >= 0.6 is 47.8 Å². The van der Waals surface area contributed by atoms with E-state index in [0.717, 1.165) is 15.9 Å². The van der Waals surface area contributed by atoms with Crippen molar-refractivity contribution < 1.29 is 0 Å². The summed E-state index contributed by atoms with van der Waals surface area (Å²) >= 11 is 9.47. The van der Waals surface area contributed by atoms with Gasteiger partial charge < -0.3 is 9.97 Å². The van der Waals surface area contributed by atoms with E-state index in [9.17, 15) is 9.59 Å². The van der Waals surface area contributed by atoms with Gasteiger partial charge in [-0.05, 0) is 79.8 Å². The van der Waals surface area contributed by atoms with E-state index in [2.05, 4.69) is 57.8 Å². The molecule has 2 heterocycles. The number of aromatic amines is 2. The van der Waals surface area contributed by atoms with Gasteiger partial charge in [0.15, 0.2) is 0 Å². The predicted octanol–water partition coefficient (Wildman–Crippen LogP) is 3.65. The SMILES string of the molecule is Cc1[nH]c(=O)c(Br)cc1Br.Cc1ccc(Br)c(=O)[nH]1. The summed E-state index contributed by atoms with van der Waals surface area (Å²) in [5.41, 5.74) is 1.55. The minimum absolute atomic E-state index is 0.0741.